The lowest BCUT2D eigenvalue weighted by molar-refractivity contribution is -0.384. The monoisotopic (exact) mass is 247 g/mol. The molecule has 2 rings (SSSR count). The van der Waals surface area contributed by atoms with Gasteiger partial charge in [-0.1, -0.05) is 25.0 Å². The Hall–Kier alpha value is -1.91. The summed E-state index contributed by atoms with van der Waals surface area (Å²) in [7, 11) is 0. The molecule has 0 aromatic heterocycles. The van der Waals surface area contributed by atoms with Crippen LogP contribution in [0.4, 0.5) is 11.4 Å². The molecule has 1 aromatic rings. The van der Waals surface area contributed by atoms with Crippen LogP contribution in [-0.2, 0) is 0 Å². The Bertz CT molecular complexity index is 447. The number of anilines is 1. The molecule has 1 aliphatic carbocycles. The summed E-state index contributed by atoms with van der Waals surface area (Å²) < 4.78 is 0. The van der Waals surface area contributed by atoms with Crippen molar-refractivity contribution >= 4 is 17.1 Å². The molecule has 0 aliphatic heterocycles. The lowest BCUT2D eigenvalue weighted by Gasteiger charge is -2.04. The van der Waals surface area contributed by atoms with Crippen LogP contribution >= 0.6 is 0 Å². The molecule has 5 heteroatoms. The lowest BCUT2D eigenvalue weighted by atomic mass is 10.2. The summed E-state index contributed by atoms with van der Waals surface area (Å²) in [4.78, 5) is 10.5. The van der Waals surface area contributed by atoms with E-state index in [0.29, 0.717) is 5.69 Å². The van der Waals surface area contributed by atoms with Crippen LogP contribution in [0.1, 0.15) is 38.5 Å². The highest BCUT2D eigenvalue weighted by Gasteiger charge is 2.12. The first-order valence-corrected chi connectivity index (χ1v) is 6.32. The highest BCUT2D eigenvalue weighted by atomic mass is 16.6. The Morgan fingerprint density at radius 1 is 1.11 bits per heavy atom. The quantitative estimate of drug-likeness (QED) is 0.503. The summed E-state index contributed by atoms with van der Waals surface area (Å²) in [5.74, 6) is 0. The minimum Gasteiger partial charge on any atom is -0.272 e. The van der Waals surface area contributed by atoms with Crippen LogP contribution in [0.2, 0.25) is 0 Å². The minimum absolute atomic E-state index is 0.0653. The van der Waals surface area contributed by atoms with Crippen molar-refractivity contribution < 1.29 is 4.92 Å². The van der Waals surface area contributed by atoms with E-state index in [-0.39, 0.29) is 5.69 Å². The first-order valence-electron chi connectivity index (χ1n) is 6.32. The smallest absolute Gasteiger partial charge is 0.272 e. The van der Waals surface area contributed by atoms with Gasteiger partial charge in [-0.2, -0.15) is 5.10 Å². The van der Waals surface area contributed by atoms with E-state index < -0.39 is 4.92 Å². The van der Waals surface area contributed by atoms with Gasteiger partial charge >= 0.3 is 0 Å². The SMILES string of the molecule is O=[N+]([O-])c1ccccc1NN=C1CCCCCC1. The molecule has 1 N–H and O–H groups in total. The Kier molecular flexibility index (Phi) is 4.28. The standard InChI is InChI=1S/C13H17N3O2/c17-16(18)13-10-6-5-9-12(13)15-14-11-7-3-1-2-4-8-11/h5-6,9-10,15H,1-4,7-8H2. The second-order valence-corrected chi connectivity index (χ2v) is 4.48. The topological polar surface area (TPSA) is 67.5 Å². The van der Waals surface area contributed by atoms with Crippen LogP contribution < -0.4 is 5.43 Å². The van der Waals surface area contributed by atoms with Gasteiger partial charge in [-0.25, -0.2) is 0 Å². The van der Waals surface area contributed by atoms with Crippen molar-refractivity contribution in [3.63, 3.8) is 0 Å². The van der Waals surface area contributed by atoms with Gasteiger partial charge in [-0.3, -0.25) is 15.5 Å². The Morgan fingerprint density at radius 3 is 2.44 bits per heavy atom. The Morgan fingerprint density at radius 2 is 1.78 bits per heavy atom. The Labute approximate surface area is 106 Å². The van der Waals surface area contributed by atoms with Crippen molar-refractivity contribution in [1.82, 2.24) is 0 Å². The van der Waals surface area contributed by atoms with Crippen LogP contribution in [0.25, 0.3) is 0 Å². The van der Waals surface area contributed by atoms with E-state index in [1.54, 1.807) is 18.2 Å². The van der Waals surface area contributed by atoms with Crippen molar-refractivity contribution in [2.45, 2.75) is 38.5 Å². The van der Waals surface area contributed by atoms with Crippen LogP contribution in [0, 0.1) is 10.1 Å². The highest BCUT2D eigenvalue weighted by Crippen LogP contribution is 2.23. The predicted molar refractivity (Wildman–Crippen MR) is 71.9 cm³/mol. The van der Waals surface area contributed by atoms with Crippen molar-refractivity contribution in [2.75, 3.05) is 5.43 Å². The van der Waals surface area contributed by atoms with E-state index in [2.05, 4.69) is 10.5 Å². The number of nitro benzene ring substituents is 1. The molecule has 0 bridgehead atoms. The number of rotatable bonds is 3. The van der Waals surface area contributed by atoms with Crippen LogP contribution in [0.15, 0.2) is 29.4 Å². The molecule has 0 atom stereocenters. The van der Waals surface area contributed by atoms with E-state index in [4.69, 9.17) is 0 Å². The number of hydrogen-bond acceptors (Lipinski definition) is 4. The molecule has 1 aromatic carbocycles. The average molecular weight is 247 g/mol. The molecular formula is C13H17N3O2. The fraction of sp³-hybridized carbons (Fsp3) is 0.462. The molecule has 0 saturated heterocycles. The Balaban J connectivity index is 2.09. The van der Waals surface area contributed by atoms with Gasteiger partial charge in [-0.15, -0.1) is 0 Å². The number of para-hydroxylation sites is 2. The summed E-state index contributed by atoms with van der Waals surface area (Å²) in [5, 5.41) is 15.2. The molecule has 1 saturated carbocycles. The van der Waals surface area contributed by atoms with E-state index >= 15 is 0 Å². The van der Waals surface area contributed by atoms with Gasteiger partial charge in [0.1, 0.15) is 5.69 Å². The van der Waals surface area contributed by atoms with Crippen molar-refractivity contribution in [2.24, 2.45) is 5.10 Å². The molecular weight excluding hydrogens is 230 g/mol. The van der Waals surface area contributed by atoms with Crippen LogP contribution in [0.3, 0.4) is 0 Å². The summed E-state index contributed by atoms with van der Waals surface area (Å²) in [6, 6.07) is 6.58. The van der Waals surface area contributed by atoms with Gasteiger partial charge < -0.3 is 0 Å². The maximum atomic E-state index is 10.8. The molecule has 96 valence electrons. The van der Waals surface area contributed by atoms with Crippen molar-refractivity contribution in [1.29, 1.82) is 0 Å². The van der Waals surface area contributed by atoms with E-state index in [1.807, 2.05) is 0 Å². The number of nitro groups is 1. The predicted octanol–water partition coefficient (Wildman–Crippen LogP) is 3.72. The lowest BCUT2D eigenvalue weighted by Crippen LogP contribution is -2.02. The van der Waals surface area contributed by atoms with Gasteiger partial charge in [0, 0.05) is 11.8 Å². The third kappa shape index (κ3) is 3.29. The second kappa shape index (κ2) is 6.14. The average Bonchev–Trinajstić information content (AvgIpc) is 2.65. The zero-order valence-corrected chi connectivity index (χ0v) is 10.3. The number of hydrazone groups is 1. The third-order valence-corrected chi connectivity index (χ3v) is 3.12. The summed E-state index contributed by atoms with van der Waals surface area (Å²) in [5.41, 5.74) is 4.48. The van der Waals surface area contributed by atoms with Crippen molar-refractivity contribution in [3.8, 4) is 0 Å². The molecule has 18 heavy (non-hydrogen) atoms. The first-order chi connectivity index (χ1) is 8.77. The van der Waals surface area contributed by atoms with E-state index in [9.17, 15) is 10.1 Å². The fourth-order valence-corrected chi connectivity index (χ4v) is 2.12. The first kappa shape index (κ1) is 12.5. The number of hydrogen-bond donors (Lipinski definition) is 1. The van der Waals surface area contributed by atoms with Gasteiger partial charge in [-0.05, 0) is 31.7 Å². The minimum atomic E-state index is -0.393. The van der Waals surface area contributed by atoms with E-state index in [0.717, 1.165) is 31.4 Å². The second-order valence-electron chi connectivity index (χ2n) is 4.48. The van der Waals surface area contributed by atoms with E-state index in [1.165, 1.54) is 18.9 Å². The van der Waals surface area contributed by atoms with Crippen LogP contribution in [-0.4, -0.2) is 10.6 Å². The van der Waals surface area contributed by atoms with Gasteiger partial charge in [0.25, 0.3) is 5.69 Å². The zero-order valence-electron chi connectivity index (χ0n) is 10.3. The molecule has 5 nitrogen and oxygen atoms in total. The number of nitrogens with one attached hydrogen (secondary N) is 1. The fourth-order valence-electron chi connectivity index (χ4n) is 2.12. The molecule has 0 unspecified atom stereocenters. The summed E-state index contributed by atoms with van der Waals surface area (Å²) >= 11 is 0. The highest BCUT2D eigenvalue weighted by molar-refractivity contribution is 5.85. The third-order valence-electron chi connectivity index (χ3n) is 3.12. The normalized spacial score (nSPS) is 15.9. The van der Waals surface area contributed by atoms with Crippen LogP contribution in [0.5, 0.6) is 0 Å². The molecule has 0 heterocycles. The van der Waals surface area contributed by atoms with Gasteiger partial charge in [0.2, 0.25) is 0 Å². The zero-order chi connectivity index (χ0) is 12.8. The summed E-state index contributed by atoms with van der Waals surface area (Å²) in [6.07, 6.45) is 6.82. The van der Waals surface area contributed by atoms with Gasteiger partial charge in [0.05, 0.1) is 4.92 Å². The molecule has 1 fully saturated rings. The molecule has 0 amide bonds. The number of nitrogens with zero attached hydrogens (tertiary/aromatic N) is 2. The number of benzene rings is 1. The maximum Gasteiger partial charge on any atom is 0.294 e. The summed E-state index contributed by atoms with van der Waals surface area (Å²) in [6.45, 7) is 0. The van der Waals surface area contributed by atoms with Gasteiger partial charge in [0.15, 0.2) is 0 Å². The molecule has 0 spiro atoms. The van der Waals surface area contributed by atoms with Crippen molar-refractivity contribution in [3.05, 3.63) is 34.4 Å². The largest absolute Gasteiger partial charge is 0.294 e. The maximum absolute atomic E-state index is 10.8. The molecule has 1 aliphatic rings. The molecule has 0 radical (unpaired) electrons.